The zero-order valence-corrected chi connectivity index (χ0v) is 21.5. The van der Waals surface area contributed by atoms with Crippen LogP contribution in [0.5, 0.6) is 5.75 Å². The predicted octanol–water partition coefficient (Wildman–Crippen LogP) is 3.45. The number of methoxy groups -OCH3 is 1. The van der Waals surface area contributed by atoms with Crippen molar-refractivity contribution in [2.45, 2.75) is 58.3 Å². The van der Waals surface area contributed by atoms with Crippen LogP contribution in [0.2, 0.25) is 0 Å². The molecule has 1 fully saturated rings. The Kier molecular flexibility index (Phi) is 6.23. The second kappa shape index (κ2) is 9.38. The molecule has 1 saturated carbocycles. The Bertz CT molecular complexity index is 1390. The number of hydrogen-bond donors (Lipinski definition) is 2. The number of imidazole rings is 1. The molecule has 9 heteroatoms. The minimum absolute atomic E-state index is 0.0481. The molecule has 0 spiro atoms. The lowest BCUT2D eigenvalue weighted by atomic mass is 9.93. The number of nitrogens with one attached hydrogen (secondary N) is 2. The van der Waals surface area contributed by atoms with Gasteiger partial charge in [-0.25, -0.2) is 4.98 Å². The molecule has 1 aliphatic carbocycles. The quantitative estimate of drug-likeness (QED) is 0.516. The first-order chi connectivity index (χ1) is 17.7. The minimum atomic E-state index is -1.13. The minimum Gasteiger partial charge on any atom is -0.496 e. The third kappa shape index (κ3) is 4.45. The van der Waals surface area contributed by atoms with Crippen molar-refractivity contribution in [2.24, 2.45) is 0 Å². The molecule has 0 radical (unpaired) electrons. The van der Waals surface area contributed by atoms with E-state index in [0.29, 0.717) is 11.4 Å². The summed E-state index contributed by atoms with van der Waals surface area (Å²) in [6.07, 6.45) is 3.11. The van der Waals surface area contributed by atoms with Crippen LogP contribution < -0.4 is 15.4 Å². The zero-order chi connectivity index (χ0) is 26.3. The molecule has 0 bridgehead atoms. The van der Waals surface area contributed by atoms with Gasteiger partial charge in [-0.2, -0.15) is 0 Å². The summed E-state index contributed by atoms with van der Waals surface area (Å²) in [5, 5.41) is 5.90. The topological polar surface area (TPSA) is 106 Å². The van der Waals surface area contributed by atoms with Gasteiger partial charge in [0, 0.05) is 23.8 Å². The SMILES string of the molecule is COc1ccccc1CNC(=O)C1(C)Cn2cnc(C(=O)Nc3cc(C)ccc3C)c2C(=O)N1C1CC1. The number of nitrogens with zero attached hydrogens (tertiary/aromatic N) is 3. The Labute approximate surface area is 215 Å². The van der Waals surface area contributed by atoms with Crippen LogP contribution in [0.15, 0.2) is 48.8 Å². The van der Waals surface area contributed by atoms with E-state index in [4.69, 9.17) is 4.74 Å². The van der Waals surface area contributed by atoms with Crippen molar-refractivity contribution in [1.29, 1.82) is 0 Å². The number of carbonyl (C=O) groups excluding carboxylic acids is 3. The van der Waals surface area contributed by atoms with Crippen LogP contribution in [0, 0.1) is 13.8 Å². The summed E-state index contributed by atoms with van der Waals surface area (Å²) in [6, 6.07) is 13.2. The van der Waals surface area contributed by atoms with Crippen molar-refractivity contribution in [3.05, 3.63) is 76.9 Å². The molecule has 5 rings (SSSR count). The monoisotopic (exact) mass is 501 g/mol. The zero-order valence-electron chi connectivity index (χ0n) is 21.5. The first-order valence-electron chi connectivity index (χ1n) is 12.4. The highest BCUT2D eigenvalue weighted by molar-refractivity contribution is 6.12. The summed E-state index contributed by atoms with van der Waals surface area (Å²) in [4.78, 5) is 46.6. The number of amides is 3. The molecular formula is C28H31N5O4. The van der Waals surface area contributed by atoms with Crippen molar-refractivity contribution in [3.63, 3.8) is 0 Å². The fourth-order valence-electron chi connectivity index (χ4n) is 4.99. The van der Waals surface area contributed by atoms with Crippen LogP contribution in [0.3, 0.4) is 0 Å². The summed E-state index contributed by atoms with van der Waals surface area (Å²) in [5.41, 5.74) is 2.59. The van der Waals surface area contributed by atoms with Gasteiger partial charge in [0.15, 0.2) is 5.69 Å². The number of carbonyl (C=O) groups is 3. The number of para-hydroxylation sites is 1. The Balaban J connectivity index is 1.41. The van der Waals surface area contributed by atoms with Crippen LogP contribution in [0.4, 0.5) is 5.69 Å². The number of hydrogen-bond acceptors (Lipinski definition) is 5. The highest BCUT2D eigenvalue weighted by Crippen LogP contribution is 2.39. The number of ether oxygens (including phenoxy) is 1. The summed E-state index contributed by atoms with van der Waals surface area (Å²) in [5.74, 6) is -0.384. The van der Waals surface area contributed by atoms with E-state index in [1.807, 2.05) is 56.3 Å². The smallest absolute Gasteiger partial charge is 0.276 e. The van der Waals surface area contributed by atoms with Crippen molar-refractivity contribution in [3.8, 4) is 5.75 Å². The summed E-state index contributed by atoms with van der Waals surface area (Å²) >= 11 is 0. The Morgan fingerprint density at radius 3 is 2.65 bits per heavy atom. The van der Waals surface area contributed by atoms with Crippen molar-refractivity contribution >= 4 is 23.4 Å². The van der Waals surface area contributed by atoms with E-state index in [1.165, 1.54) is 6.33 Å². The average molecular weight is 502 g/mol. The van der Waals surface area contributed by atoms with E-state index < -0.39 is 11.4 Å². The van der Waals surface area contributed by atoms with Crippen molar-refractivity contribution in [2.75, 3.05) is 12.4 Å². The Morgan fingerprint density at radius 1 is 1.16 bits per heavy atom. The van der Waals surface area contributed by atoms with Crippen LogP contribution in [0.25, 0.3) is 0 Å². The third-order valence-corrected chi connectivity index (χ3v) is 7.16. The highest BCUT2D eigenvalue weighted by Gasteiger charge is 2.53. The van der Waals surface area contributed by atoms with Gasteiger partial charge < -0.3 is 24.8 Å². The molecule has 1 aliphatic heterocycles. The van der Waals surface area contributed by atoms with Gasteiger partial charge in [-0.05, 0) is 56.9 Å². The van der Waals surface area contributed by atoms with Gasteiger partial charge in [-0.3, -0.25) is 14.4 Å². The lowest BCUT2D eigenvalue weighted by Gasteiger charge is -2.44. The summed E-state index contributed by atoms with van der Waals surface area (Å²) < 4.78 is 7.02. The number of aromatic nitrogens is 2. The fraction of sp³-hybridized carbons (Fsp3) is 0.357. The maximum atomic E-state index is 13.8. The molecule has 192 valence electrons. The first-order valence-corrected chi connectivity index (χ1v) is 12.4. The van der Waals surface area contributed by atoms with Crippen molar-refractivity contribution < 1.29 is 19.1 Å². The number of rotatable bonds is 7. The van der Waals surface area contributed by atoms with Gasteiger partial charge in [0.2, 0.25) is 5.91 Å². The standard InChI is InChI=1S/C28H31N5O4/c1-17-9-10-18(2)21(13-17)31-25(34)23-24-26(35)33(20-11-12-20)28(3,15-32(24)16-30-23)27(36)29-14-19-7-5-6-8-22(19)37-4/h5-10,13,16,20H,11-12,14-15H2,1-4H3,(H,29,36)(H,31,34). The van der Waals surface area contributed by atoms with Gasteiger partial charge in [-0.1, -0.05) is 30.3 Å². The van der Waals surface area contributed by atoms with Crippen LogP contribution in [0.1, 0.15) is 57.4 Å². The summed E-state index contributed by atoms with van der Waals surface area (Å²) in [6.45, 7) is 6.11. The Hall–Kier alpha value is -4.14. The lowest BCUT2D eigenvalue weighted by Crippen LogP contribution is -2.64. The molecular weight excluding hydrogens is 470 g/mol. The van der Waals surface area contributed by atoms with E-state index in [9.17, 15) is 14.4 Å². The molecule has 2 aromatic carbocycles. The summed E-state index contributed by atoms with van der Waals surface area (Å²) in [7, 11) is 1.59. The highest BCUT2D eigenvalue weighted by atomic mass is 16.5. The predicted molar refractivity (Wildman–Crippen MR) is 139 cm³/mol. The van der Waals surface area contributed by atoms with Gasteiger partial charge in [0.25, 0.3) is 11.8 Å². The van der Waals surface area contributed by atoms with Crippen LogP contribution >= 0.6 is 0 Å². The largest absolute Gasteiger partial charge is 0.496 e. The van der Waals surface area contributed by atoms with Crippen molar-refractivity contribution in [1.82, 2.24) is 19.8 Å². The first kappa shape index (κ1) is 24.5. The number of benzene rings is 2. The fourth-order valence-corrected chi connectivity index (χ4v) is 4.99. The molecule has 1 unspecified atom stereocenters. The molecule has 2 N–H and O–H groups in total. The van der Waals surface area contributed by atoms with E-state index in [2.05, 4.69) is 15.6 Å². The second-order valence-corrected chi connectivity index (χ2v) is 10.0. The molecule has 9 nitrogen and oxygen atoms in total. The Morgan fingerprint density at radius 2 is 1.92 bits per heavy atom. The maximum absolute atomic E-state index is 13.8. The van der Waals surface area contributed by atoms with Gasteiger partial charge in [0.1, 0.15) is 17.0 Å². The van der Waals surface area contributed by atoms with Gasteiger partial charge in [-0.15, -0.1) is 0 Å². The number of fused-ring (bicyclic) bond motifs is 1. The van der Waals surface area contributed by atoms with Gasteiger partial charge in [0.05, 0.1) is 20.0 Å². The van der Waals surface area contributed by atoms with Crippen LogP contribution in [-0.4, -0.2) is 50.9 Å². The van der Waals surface area contributed by atoms with E-state index in [-0.39, 0.29) is 42.3 Å². The number of aryl methyl sites for hydroxylation is 2. The van der Waals surface area contributed by atoms with E-state index in [1.54, 1.807) is 23.5 Å². The number of anilines is 1. The molecule has 3 amide bonds. The molecule has 1 aromatic heterocycles. The average Bonchev–Trinajstić information content (AvgIpc) is 3.62. The molecule has 2 aliphatic rings. The molecule has 37 heavy (non-hydrogen) atoms. The third-order valence-electron chi connectivity index (χ3n) is 7.16. The molecule has 1 atom stereocenters. The van der Waals surface area contributed by atoms with Gasteiger partial charge >= 0.3 is 0 Å². The van der Waals surface area contributed by atoms with E-state index >= 15 is 0 Å². The normalized spacial score (nSPS) is 18.8. The molecule has 2 heterocycles. The molecule has 3 aromatic rings. The van der Waals surface area contributed by atoms with Crippen LogP contribution in [-0.2, 0) is 17.9 Å². The maximum Gasteiger partial charge on any atom is 0.276 e. The molecule has 0 saturated heterocycles. The second-order valence-electron chi connectivity index (χ2n) is 10.0. The van der Waals surface area contributed by atoms with E-state index in [0.717, 1.165) is 29.5 Å². The lowest BCUT2D eigenvalue weighted by molar-refractivity contribution is -0.133.